The highest BCUT2D eigenvalue weighted by Gasteiger charge is 2.47. The fraction of sp³-hybridized carbons (Fsp3) is 0.571. The zero-order valence-electron chi connectivity index (χ0n) is 21.0. The summed E-state index contributed by atoms with van der Waals surface area (Å²) < 4.78 is 0. The lowest BCUT2D eigenvalue weighted by Gasteiger charge is -2.33. The van der Waals surface area contributed by atoms with Gasteiger partial charge in [0.05, 0.1) is 11.8 Å². The van der Waals surface area contributed by atoms with Crippen LogP contribution in [0.5, 0.6) is 0 Å². The van der Waals surface area contributed by atoms with Crippen LogP contribution in [0.3, 0.4) is 0 Å². The van der Waals surface area contributed by atoms with Gasteiger partial charge in [-0.15, -0.1) is 0 Å². The molecular formula is C28H36ClN3O4. The molecule has 3 atom stereocenters. The Hall–Kier alpha value is -2.67. The number of hydrogen-bond acceptors (Lipinski definition) is 4. The normalized spacial score (nSPS) is 22.9. The number of allylic oxidation sites excluding steroid dienone is 2. The van der Waals surface area contributed by atoms with Crippen LogP contribution in [-0.4, -0.2) is 52.1 Å². The maximum atomic E-state index is 13.6. The van der Waals surface area contributed by atoms with E-state index < -0.39 is 6.04 Å². The number of halogens is 1. The van der Waals surface area contributed by atoms with Gasteiger partial charge in [-0.05, 0) is 43.7 Å². The predicted molar refractivity (Wildman–Crippen MR) is 138 cm³/mol. The Balaban J connectivity index is 1.48. The molecule has 1 heterocycles. The van der Waals surface area contributed by atoms with Crippen molar-refractivity contribution in [3.8, 4) is 0 Å². The fourth-order valence-electron chi connectivity index (χ4n) is 5.71. The Morgan fingerprint density at radius 3 is 2.31 bits per heavy atom. The van der Waals surface area contributed by atoms with Crippen LogP contribution in [0.2, 0.25) is 5.02 Å². The van der Waals surface area contributed by atoms with Gasteiger partial charge in [-0.25, -0.2) is 0 Å². The number of nitrogens with one attached hydrogen (secondary N) is 1. The predicted octanol–water partition coefficient (Wildman–Crippen LogP) is 4.24. The van der Waals surface area contributed by atoms with Crippen molar-refractivity contribution in [2.24, 2.45) is 11.8 Å². The van der Waals surface area contributed by atoms with Gasteiger partial charge in [0.1, 0.15) is 6.04 Å². The molecule has 1 unspecified atom stereocenters. The van der Waals surface area contributed by atoms with E-state index in [1.54, 1.807) is 11.0 Å². The number of benzene rings is 1. The highest BCUT2D eigenvalue weighted by Crippen LogP contribution is 2.35. The molecule has 4 rings (SSSR count). The minimum absolute atomic E-state index is 0.0258. The summed E-state index contributed by atoms with van der Waals surface area (Å²) in [5, 5.41) is 3.69. The monoisotopic (exact) mass is 513 g/mol. The SMILES string of the molecule is CCC(C(=O)NC1CCCCC1)N(Cc1ccccc1Cl)C(=O)CCN1C(=O)[C@H]2CC=CC[C@H]2C1=O. The molecule has 3 aliphatic rings. The zero-order chi connectivity index (χ0) is 25.7. The molecule has 0 spiro atoms. The summed E-state index contributed by atoms with van der Waals surface area (Å²) >= 11 is 6.40. The molecule has 1 saturated heterocycles. The van der Waals surface area contributed by atoms with Crippen molar-refractivity contribution >= 4 is 35.2 Å². The second kappa shape index (κ2) is 12.0. The molecule has 4 amide bonds. The van der Waals surface area contributed by atoms with Crippen LogP contribution in [0.25, 0.3) is 0 Å². The maximum absolute atomic E-state index is 13.6. The van der Waals surface area contributed by atoms with E-state index in [2.05, 4.69) is 5.32 Å². The second-order valence-electron chi connectivity index (χ2n) is 10.1. The van der Waals surface area contributed by atoms with Crippen LogP contribution in [0.4, 0.5) is 0 Å². The molecule has 36 heavy (non-hydrogen) atoms. The van der Waals surface area contributed by atoms with E-state index in [4.69, 9.17) is 11.6 Å². The Bertz CT molecular complexity index is 994. The second-order valence-corrected chi connectivity index (χ2v) is 10.5. The quantitative estimate of drug-likeness (QED) is 0.395. The molecule has 2 aliphatic carbocycles. The summed E-state index contributed by atoms with van der Waals surface area (Å²) in [7, 11) is 0. The van der Waals surface area contributed by atoms with Crippen LogP contribution < -0.4 is 5.32 Å². The largest absolute Gasteiger partial charge is 0.352 e. The van der Waals surface area contributed by atoms with Crippen LogP contribution in [0.15, 0.2) is 36.4 Å². The van der Waals surface area contributed by atoms with Crippen molar-refractivity contribution in [2.75, 3.05) is 6.54 Å². The number of fused-ring (bicyclic) bond motifs is 1. The Morgan fingerprint density at radius 2 is 1.69 bits per heavy atom. The Morgan fingerprint density at radius 1 is 1.06 bits per heavy atom. The zero-order valence-corrected chi connectivity index (χ0v) is 21.7. The van der Waals surface area contributed by atoms with Crippen LogP contribution in [-0.2, 0) is 25.7 Å². The van der Waals surface area contributed by atoms with Crippen molar-refractivity contribution < 1.29 is 19.2 Å². The molecule has 194 valence electrons. The number of rotatable bonds is 9. The third kappa shape index (κ3) is 5.83. The van der Waals surface area contributed by atoms with Gasteiger partial charge in [-0.1, -0.05) is 68.1 Å². The van der Waals surface area contributed by atoms with E-state index in [0.29, 0.717) is 24.3 Å². The summed E-state index contributed by atoms with van der Waals surface area (Å²) in [5.74, 6) is -1.45. The van der Waals surface area contributed by atoms with Gasteiger partial charge in [-0.2, -0.15) is 0 Å². The lowest BCUT2D eigenvalue weighted by Crippen LogP contribution is -2.52. The first-order chi connectivity index (χ1) is 17.4. The molecule has 1 N–H and O–H groups in total. The lowest BCUT2D eigenvalue weighted by atomic mass is 9.85. The van der Waals surface area contributed by atoms with E-state index in [9.17, 15) is 19.2 Å². The average molecular weight is 514 g/mol. The number of imide groups is 1. The van der Waals surface area contributed by atoms with Crippen LogP contribution >= 0.6 is 11.6 Å². The van der Waals surface area contributed by atoms with E-state index >= 15 is 0 Å². The smallest absolute Gasteiger partial charge is 0.243 e. The summed E-state index contributed by atoms with van der Waals surface area (Å²) in [4.78, 5) is 55.4. The molecule has 1 aromatic carbocycles. The Kier molecular flexibility index (Phi) is 8.83. The minimum atomic E-state index is -0.660. The van der Waals surface area contributed by atoms with Gasteiger partial charge in [-0.3, -0.25) is 24.1 Å². The molecule has 8 heteroatoms. The molecule has 0 bridgehead atoms. The molecular weight excluding hydrogens is 478 g/mol. The number of amides is 4. The summed E-state index contributed by atoms with van der Waals surface area (Å²) in [5.41, 5.74) is 0.752. The topological polar surface area (TPSA) is 86.8 Å². The number of carbonyl (C=O) groups excluding carboxylic acids is 4. The van der Waals surface area contributed by atoms with Crippen molar-refractivity contribution in [2.45, 2.75) is 83.3 Å². The highest BCUT2D eigenvalue weighted by molar-refractivity contribution is 6.31. The molecule has 0 aromatic heterocycles. The fourth-order valence-corrected chi connectivity index (χ4v) is 5.91. The van der Waals surface area contributed by atoms with Gasteiger partial charge in [0.15, 0.2) is 0 Å². The van der Waals surface area contributed by atoms with Crippen molar-refractivity contribution in [1.29, 1.82) is 0 Å². The van der Waals surface area contributed by atoms with E-state index in [-0.39, 0.29) is 61.0 Å². The van der Waals surface area contributed by atoms with E-state index in [0.717, 1.165) is 31.2 Å². The third-order valence-electron chi connectivity index (χ3n) is 7.78. The first-order valence-electron chi connectivity index (χ1n) is 13.2. The minimum Gasteiger partial charge on any atom is -0.352 e. The Labute approximate surface area is 218 Å². The first kappa shape index (κ1) is 26.4. The summed E-state index contributed by atoms with van der Waals surface area (Å²) in [6.45, 7) is 2.11. The van der Waals surface area contributed by atoms with E-state index in [1.165, 1.54) is 11.3 Å². The summed E-state index contributed by atoms with van der Waals surface area (Å²) in [6, 6.07) is 6.76. The molecule has 1 aromatic rings. The lowest BCUT2D eigenvalue weighted by molar-refractivity contribution is -0.144. The molecule has 0 radical (unpaired) electrons. The highest BCUT2D eigenvalue weighted by atomic mass is 35.5. The molecule has 1 aliphatic heterocycles. The molecule has 7 nitrogen and oxygen atoms in total. The average Bonchev–Trinajstić information content (AvgIpc) is 3.13. The van der Waals surface area contributed by atoms with Crippen LogP contribution in [0.1, 0.15) is 70.3 Å². The number of carbonyl (C=O) groups is 4. The van der Waals surface area contributed by atoms with Crippen molar-refractivity contribution in [1.82, 2.24) is 15.1 Å². The first-order valence-corrected chi connectivity index (χ1v) is 13.6. The van der Waals surface area contributed by atoms with Crippen LogP contribution in [0, 0.1) is 11.8 Å². The number of nitrogens with zero attached hydrogens (tertiary/aromatic N) is 2. The van der Waals surface area contributed by atoms with Gasteiger partial charge in [0.25, 0.3) is 0 Å². The van der Waals surface area contributed by atoms with Gasteiger partial charge in [0, 0.05) is 30.6 Å². The third-order valence-corrected chi connectivity index (χ3v) is 8.15. The van der Waals surface area contributed by atoms with Gasteiger partial charge in [0.2, 0.25) is 23.6 Å². The standard InChI is InChI=1S/C28H36ClN3O4/c1-2-24(26(34)30-20-11-4-3-5-12-20)32(18-19-10-6-9-15-23(19)29)25(33)16-17-31-27(35)21-13-7-8-14-22(21)28(31)36/h6-10,15,20-22,24H,2-5,11-14,16-18H2,1H3,(H,30,34)/t21-,22+,24?. The van der Waals surface area contributed by atoms with E-state index in [1.807, 2.05) is 37.3 Å². The van der Waals surface area contributed by atoms with Crippen molar-refractivity contribution in [3.05, 3.63) is 47.0 Å². The maximum Gasteiger partial charge on any atom is 0.243 e. The van der Waals surface area contributed by atoms with Gasteiger partial charge >= 0.3 is 0 Å². The van der Waals surface area contributed by atoms with Gasteiger partial charge < -0.3 is 10.2 Å². The summed E-state index contributed by atoms with van der Waals surface area (Å²) in [6.07, 6.45) is 10.7. The number of likely N-dealkylation sites (tertiary alicyclic amines) is 1. The molecule has 2 fully saturated rings. The van der Waals surface area contributed by atoms with Crippen molar-refractivity contribution in [3.63, 3.8) is 0 Å². The number of hydrogen-bond donors (Lipinski definition) is 1. The molecule has 1 saturated carbocycles.